The van der Waals surface area contributed by atoms with E-state index in [1.165, 1.54) is 0 Å². The molecule has 27 heavy (non-hydrogen) atoms. The highest BCUT2D eigenvalue weighted by Crippen LogP contribution is 2.36. The van der Waals surface area contributed by atoms with Crippen LogP contribution in [0.15, 0.2) is 48.7 Å². The summed E-state index contributed by atoms with van der Waals surface area (Å²) < 4.78 is 11.6. The van der Waals surface area contributed by atoms with Gasteiger partial charge in [0.15, 0.2) is 0 Å². The lowest BCUT2D eigenvalue weighted by Crippen LogP contribution is -2.42. The lowest BCUT2D eigenvalue weighted by atomic mass is 9.96. The summed E-state index contributed by atoms with van der Waals surface area (Å²) in [6.07, 6.45) is 4.38. The molecule has 5 heteroatoms. The average Bonchev–Trinajstić information content (AvgIpc) is 2.66. The Morgan fingerprint density at radius 3 is 2.67 bits per heavy atom. The molecule has 1 aliphatic heterocycles. The Labute approximate surface area is 161 Å². The van der Waals surface area contributed by atoms with Crippen LogP contribution < -0.4 is 4.74 Å². The first-order valence-electron chi connectivity index (χ1n) is 9.55. The molecule has 0 radical (unpaired) electrons. The van der Waals surface area contributed by atoms with Crippen molar-refractivity contribution in [2.45, 2.75) is 58.3 Å². The number of benzene rings is 1. The molecule has 1 atom stereocenters. The zero-order valence-corrected chi connectivity index (χ0v) is 16.4. The molecule has 144 valence electrons. The van der Waals surface area contributed by atoms with Crippen LogP contribution in [0.5, 0.6) is 5.88 Å². The summed E-state index contributed by atoms with van der Waals surface area (Å²) in [4.78, 5) is 19.0. The van der Waals surface area contributed by atoms with Crippen molar-refractivity contribution in [2.24, 2.45) is 0 Å². The average molecular weight is 368 g/mol. The van der Waals surface area contributed by atoms with E-state index in [1.807, 2.05) is 68.1 Å². The number of nitrogens with zero attached hydrogens (tertiary/aromatic N) is 2. The molecule has 0 spiro atoms. The van der Waals surface area contributed by atoms with Crippen LogP contribution in [0, 0.1) is 0 Å². The number of carbonyl (C=O) groups is 1. The van der Waals surface area contributed by atoms with Crippen LogP contribution in [0.4, 0.5) is 4.79 Å². The van der Waals surface area contributed by atoms with E-state index in [-0.39, 0.29) is 12.1 Å². The minimum absolute atomic E-state index is 0.0759. The smallest absolute Gasteiger partial charge is 0.410 e. The maximum atomic E-state index is 12.7. The maximum absolute atomic E-state index is 12.7. The second-order valence-corrected chi connectivity index (χ2v) is 7.86. The highest BCUT2D eigenvalue weighted by Gasteiger charge is 2.33. The number of ether oxygens (including phenoxy) is 2. The topological polar surface area (TPSA) is 51.7 Å². The highest BCUT2D eigenvalue weighted by atomic mass is 16.6. The largest absolute Gasteiger partial charge is 0.473 e. The summed E-state index contributed by atoms with van der Waals surface area (Å²) in [5.41, 5.74) is 1.52. The molecule has 3 rings (SSSR count). The van der Waals surface area contributed by atoms with Crippen molar-refractivity contribution in [3.05, 3.63) is 59.8 Å². The molecule has 1 saturated heterocycles. The zero-order chi connectivity index (χ0) is 19.3. The second-order valence-electron chi connectivity index (χ2n) is 7.86. The number of piperidine rings is 1. The molecule has 0 saturated carbocycles. The van der Waals surface area contributed by atoms with Crippen LogP contribution >= 0.6 is 0 Å². The summed E-state index contributed by atoms with van der Waals surface area (Å²) >= 11 is 0. The predicted molar refractivity (Wildman–Crippen MR) is 105 cm³/mol. The van der Waals surface area contributed by atoms with Crippen molar-refractivity contribution in [1.29, 1.82) is 0 Å². The van der Waals surface area contributed by atoms with E-state index in [2.05, 4.69) is 4.98 Å². The van der Waals surface area contributed by atoms with Crippen molar-refractivity contribution in [2.75, 3.05) is 6.54 Å². The van der Waals surface area contributed by atoms with Crippen molar-refractivity contribution in [3.8, 4) is 5.88 Å². The van der Waals surface area contributed by atoms with E-state index >= 15 is 0 Å². The van der Waals surface area contributed by atoms with Gasteiger partial charge >= 0.3 is 6.09 Å². The normalized spacial score (nSPS) is 17.4. The molecule has 1 amide bonds. The quantitative estimate of drug-likeness (QED) is 0.751. The second kappa shape index (κ2) is 8.42. The molecule has 1 aromatic heterocycles. The van der Waals surface area contributed by atoms with Crippen molar-refractivity contribution >= 4 is 6.09 Å². The van der Waals surface area contributed by atoms with E-state index in [0.717, 1.165) is 30.4 Å². The van der Waals surface area contributed by atoms with Gasteiger partial charge in [0.1, 0.15) is 12.2 Å². The Bertz CT molecular complexity index is 756. The molecule has 2 aromatic rings. The minimum atomic E-state index is -0.513. The Kier molecular flexibility index (Phi) is 5.99. The Morgan fingerprint density at radius 1 is 1.15 bits per heavy atom. The first-order chi connectivity index (χ1) is 12.9. The van der Waals surface area contributed by atoms with Gasteiger partial charge in [-0.05, 0) is 51.7 Å². The summed E-state index contributed by atoms with van der Waals surface area (Å²) in [5.74, 6) is 0.585. The van der Waals surface area contributed by atoms with E-state index in [4.69, 9.17) is 9.47 Å². The Hall–Kier alpha value is -2.56. The number of hydrogen-bond acceptors (Lipinski definition) is 4. The number of carbonyl (C=O) groups excluding carboxylic acids is 1. The van der Waals surface area contributed by atoms with E-state index in [1.54, 1.807) is 6.20 Å². The molecule has 5 nitrogen and oxygen atoms in total. The van der Waals surface area contributed by atoms with Crippen molar-refractivity contribution < 1.29 is 14.3 Å². The Morgan fingerprint density at radius 2 is 1.93 bits per heavy atom. The molecule has 1 aromatic carbocycles. The van der Waals surface area contributed by atoms with Crippen LogP contribution in [0.2, 0.25) is 0 Å². The van der Waals surface area contributed by atoms with E-state index in [9.17, 15) is 4.79 Å². The number of aromatic nitrogens is 1. The fourth-order valence-electron chi connectivity index (χ4n) is 3.30. The van der Waals surface area contributed by atoms with Crippen LogP contribution in [-0.2, 0) is 11.3 Å². The van der Waals surface area contributed by atoms with Crippen LogP contribution in [-0.4, -0.2) is 28.1 Å². The summed E-state index contributed by atoms with van der Waals surface area (Å²) in [6, 6.07) is 13.8. The van der Waals surface area contributed by atoms with Gasteiger partial charge in [-0.3, -0.25) is 0 Å². The fraction of sp³-hybridized carbons (Fsp3) is 0.455. The number of pyridine rings is 1. The molecule has 0 unspecified atom stereocenters. The monoisotopic (exact) mass is 368 g/mol. The maximum Gasteiger partial charge on any atom is 0.410 e. The zero-order valence-electron chi connectivity index (χ0n) is 16.4. The standard InChI is InChI=1S/C22H28N2O3/c1-22(2,3)27-21(25)24-15-8-7-13-19(24)18-12-9-14-23-20(18)26-16-17-10-5-4-6-11-17/h4-6,9-12,14,19H,7-8,13,15-16H2,1-3H3/t19-/m1/s1. The summed E-state index contributed by atoms with van der Waals surface area (Å²) in [5, 5.41) is 0. The van der Waals surface area contributed by atoms with Crippen LogP contribution in [0.25, 0.3) is 0 Å². The van der Waals surface area contributed by atoms with Gasteiger partial charge in [0, 0.05) is 18.3 Å². The third-order valence-corrected chi connectivity index (χ3v) is 4.51. The number of rotatable bonds is 4. The van der Waals surface area contributed by atoms with Crippen LogP contribution in [0.3, 0.4) is 0 Å². The van der Waals surface area contributed by atoms with Gasteiger partial charge in [0.2, 0.25) is 5.88 Å². The van der Waals surface area contributed by atoms with Gasteiger partial charge in [0.25, 0.3) is 0 Å². The molecule has 2 heterocycles. The first-order valence-corrected chi connectivity index (χ1v) is 9.55. The highest BCUT2D eigenvalue weighted by molar-refractivity contribution is 5.69. The van der Waals surface area contributed by atoms with Gasteiger partial charge in [-0.2, -0.15) is 0 Å². The number of hydrogen-bond donors (Lipinski definition) is 0. The predicted octanol–water partition coefficient (Wildman–Crippen LogP) is 5.12. The molecular formula is C22H28N2O3. The SMILES string of the molecule is CC(C)(C)OC(=O)N1CCCC[C@@H]1c1cccnc1OCc1ccccc1. The van der Waals surface area contributed by atoms with Gasteiger partial charge in [-0.1, -0.05) is 36.4 Å². The molecule has 1 fully saturated rings. The lowest BCUT2D eigenvalue weighted by Gasteiger charge is -2.37. The Balaban J connectivity index is 1.79. The fourth-order valence-corrected chi connectivity index (χ4v) is 3.30. The van der Waals surface area contributed by atoms with Crippen molar-refractivity contribution in [3.63, 3.8) is 0 Å². The third-order valence-electron chi connectivity index (χ3n) is 4.51. The van der Waals surface area contributed by atoms with Gasteiger partial charge in [0.05, 0.1) is 6.04 Å². The van der Waals surface area contributed by atoms with Gasteiger partial charge < -0.3 is 14.4 Å². The van der Waals surface area contributed by atoms with E-state index in [0.29, 0.717) is 19.0 Å². The molecule has 0 bridgehead atoms. The molecule has 1 aliphatic rings. The first kappa shape index (κ1) is 19.2. The third kappa shape index (κ3) is 5.22. The van der Waals surface area contributed by atoms with E-state index < -0.39 is 5.60 Å². The minimum Gasteiger partial charge on any atom is -0.473 e. The van der Waals surface area contributed by atoms with Gasteiger partial charge in [-0.25, -0.2) is 9.78 Å². The lowest BCUT2D eigenvalue weighted by molar-refractivity contribution is 0.00913. The molecular weight excluding hydrogens is 340 g/mol. The summed E-state index contributed by atoms with van der Waals surface area (Å²) in [7, 11) is 0. The number of amides is 1. The molecule has 0 N–H and O–H groups in total. The van der Waals surface area contributed by atoms with Crippen LogP contribution in [0.1, 0.15) is 57.2 Å². The number of likely N-dealkylation sites (tertiary alicyclic amines) is 1. The molecule has 0 aliphatic carbocycles. The van der Waals surface area contributed by atoms with Crippen molar-refractivity contribution in [1.82, 2.24) is 9.88 Å². The van der Waals surface area contributed by atoms with Gasteiger partial charge in [-0.15, -0.1) is 0 Å². The summed E-state index contributed by atoms with van der Waals surface area (Å²) in [6.45, 7) is 6.81.